The van der Waals surface area contributed by atoms with Gasteiger partial charge in [-0.1, -0.05) is 29.8 Å². The molecule has 0 spiro atoms. The predicted molar refractivity (Wildman–Crippen MR) is 105 cm³/mol. The highest BCUT2D eigenvalue weighted by molar-refractivity contribution is 7.92. The highest BCUT2D eigenvalue weighted by Gasteiger charge is 2.40. The van der Waals surface area contributed by atoms with Crippen LogP contribution in [0, 0.1) is 0 Å². The molecule has 140 valence electrons. The summed E-state index contributed by atoms with van der Waals surface area (Å²) in [4.78, 5) is 6.74. The summed E-state index contributed by atoms with van der Waals surface area (Å²) in [5.74, 6) is 0.967. The molecule has 0 aromatic heterocycles. The van der Waals surface area contributed by atoms with Crippen molar-refractivity contribution in [2.24, 2.45) is 4.99 Å². The normalized spacial score (nSPS) is 19.7. The molecule has 1 saturated heterocycles. The molecule has 0 amide bonds. The zero-order valence-electron chi connectivity index (χ0n) is 15.3. The summed E-state index contributed by atoms with van der Waals surface area (Å²) in [5, 5.41) is 4.08. The Kier molecular flexibility index (Phi) is 6.74. The molecular formula is C18H28ClN3O2S. The molecule has 1 heterocycles. The zero-order chi connectivity index (χ0) is 18.5. The quantitative estimate of drug-likeness (QED) is 0.481. The van der Waals surface area contributed by atoms with Crippen molar-refractivity contribution in [2.45, 2.75) is 38.4 Å². The van der Waals surface area contributed by atoms with Crippen LogP contribution in [-0.4, -0.2) is 56.0 Å². The molecule has 1 aliphatic rings. The Hall–Kier alpha value is -1.27. The second kappa shape index (κ2) is 8.41. The van der Waals surface area contributed by atoms with E-state index in [4.69, 9.17) is 11.6 Å². The molecule has 1 N–H and O–H groups in total. The maximum absolute atomic E-state index is 12.2. The minimum Gasteiger partial charge on any atom is -0.357 e. The maximum atomic E-state index is 12.2. The van der Waals surface area contributed by atoms with Crippen LogP contribution in [0.15, 0.2) is 29.3 Å². The fourth-order valence-electron chi connectivity index (χ4n) is 2.91. The van der Waals surface area contributed by atoms with Crippen molar-refractivity contribution in [2.75, 3.05) is 31.9 Å². The summed E-state index contributed by atoms with van der Waals surface area (Å²) in [6.45, 7) is 7.98. The summed E-state index contributed by atoms with van der Waals surface area (Å²) in [6.07, 6.45) is 1.77. The van der Waals surface area contributed by atoms with Crippen molar-refractivity contribution in [3.05, 3.63) is 34.9 Å². The molecule has 0 bridgehead atoms. The number of nitrogens with zero attached hydrogens (tertiary/aromatic N) is 2. The molecule has 1 aromatic carbocycles. The van der Waals surface area contributed by atoms with Crippen LogP contribution in [0.5, 0.6) is 0 Å². The number of benzene rings is 1. The van der Waals surface area contributed by atoms with Gasteiger partial charge in [-0.15, -0.1) is 0 Å². The van der Waals surface area contributed by atoms with E-state index in [1.165, 1.54) is 0 Å². The van der Waals surface area contributed by atoms with Gasteiger partial charge in [0.15, 0.2) is 15.8 Å². The minimum absolute atomic E-state index is 0.171. The molecule has 0 unspecified atom stereocenters. The van der Waals surface area contributed by atoms with Gasteiger partial charge in [0.05, 0.1) is 10.5 Å². The highest BCUT2D eigenvalue weighted by atomic mass is 35.5. The number of halogens is 1. The van der Waals surface area contributed by atoms with Gasteiger partial charge in [-0.3, -0.25) is 4.99 Å². The van der Waals surface area contributed by atoms with Crippen molar-refractivity contribution in [1.82, 2.24) is 10.2 Å². The van der Waals surface area contributed by atoms with Crippen molar-refractivity contribution < 1.29 is 8.42 Å². The van der Waals surface area contributed by atoms with E-state index in [2.05, 4.69) is 15.2 Å². The molecule has 1 aliphatic heterocycles. The van der Waals surface area contributed by atoms with E-state index in [-0.39, 0.29) is 5.75 Å². The third-order valence-corrected chi connectivity index (χ3v) is 7.40. The molecule has 0 saturated carbocycles. The lowest BCUT2D eigenvalue weighted by Gasteiger charge is -2.39. The van der Waals surface area contributed by atoms with Crippen LogP contribution in [-0.2, 0) is 16.3 Å². The summed E-state index contributed by atoms with van der Waals surface area (Å²) >= 11 is 6.18. The lowest BCUT2D eigenvalue weighted by Crippen LogP contribution is -2.57. The highest BCUT2D eigenvalue weighted by Crippen LogP contribution is 2.23. The average Bonchev–Trinajstić information content (AvgIpc) is 2.54. The van der Waals surface area contributed by atoms with Crippen molar-refractivity contribution in [3.8, 4) is 0 Å². The van der Waals surface area contributed by atoms with Gasteiger partial charge in [-0.2, -0.15) is 0 Å². The summed E-state index contributed by atoms with van der Waals surface area (Å²) in [5.41, 5.74) is 1.13. The van der Waals surface area contributed by atoms with Gasteiger partial charge < -0.3 is 10.2 Å². The Morgan fingerprint density at radius 1 is 1.36 bits per heavy atom. The molecule has 5 nitrogen and oxygen atoms in total. The van der Waals surface area contributed by atoms with E-state index in [1.807, 2.05) is 31.2 Å². The fraction of sp³-hybridized carbons (Fsp3) is 0.611. The average molecular weight is 386 g/mol. The summed E-state index contributed by atoms with van der Waals surface area (Å²) in [7, 11) is -3.05. The second-order valence-electron chi connectivity index (χ2n) is 6.93. The van der Waals surface area contributed by atoms with Crippen molar-refractivity contribution in [3.63, 3.8) is 0 Å². The number of aryl methyl sites for hydroxylation is 1. The molecule has 0 aliphatic carbocycles. The summed E-state index contributed by atoms with van der Waals surface area (Å²) < 4.78 is 23.6. The number of sulfone groups is 1. The number of rotatable bonds is 5. The van der Waals surface area contributed by atoms with Crippen LogP contribution in [0.2, 0.25) is 5.02 Å². The Morgan fingerprint density at radius 2 is 2.08 bits per heavy atom. The second-order valence-corrected chi connectivity index (χ2v) is 10.1. The molecule has 25 heavy (non-hydrogen) atoms. The lowest BCUT2D eigenvalue weighted by molar-refractivity contribution is 0.353. The van der Waals surface area contributed by atoms with E-state index in [0.717, 1.165) is 35.9 Å². The van der Waals surface area contributed by atoms with Gasteiger partial charge in [0.25, 0.3) is 0 Å². The molecular weight excluding hydrogens is 358 g/mol. The summed E-state index contributed by atoms with van der Waals surface area (Å²) in [6, 6.07) is 7.86. The predicted octanol–water partition coefficient (Wildman–Crippen LogP) is 2.75. The Morgan fingerprint density at radius 3 is 2.72 bits per heavy atom. The molecule has 1 fully saturated rings. The Balaban J connectivity index is 1.98. The van der Waals surface area contributed by atoms with Crippen LogP contribution in [0.25, 0.3) is 0 Å². The fourth-order valence-corrected chi connectivity index (χ4v) is 4.50. The largest absolute Gasteiger partial charge is 0.357 e. The number of nitrogens with one attached hydrogen (secondary N) is 1. The first kappa shape index (κ1) is 20.0. The zero-order valence-corrected chi connectivity index (χ0v) is 16.8. The molecule has 7 heteroatoms. The van der Waals surface area contributed by atoms with Gasteiger partial charge in [0.1, 0.15) is 0 Å². The van der Waals surface area contributed by atoms with E-state index < -0.39 is 14.6 Å². The van der Waals surface area contributed by atoms with Crippen LogP contribution in [0.1, 0.15) is 32.8 Å². The topological polar surface area (TPSA) is 61.8 Å². The van der Waals surface area contributed by atoms with Gasteiger partial charge in [0.2, 0.25) is 0 Å². The van der Waals surface area contributed by atoms with Gasteiger partial charge >= 0.3 is 0 Å². The van der Waals surface area contributed by atoms with Gasteiger partial charge in [-0.05, 0) is 45.2 Å². The number of hydrogen-bond acceptors (Lipinski definition) is 3. The minimum atomic E-state index is -3.05. The third-order valence-electron chi connectivity index (χ3n) is 4.50. The van der Waals surface area contributed by atoms with E-state index in [9.17, 15) is 8.42 Å². The SMILES string of the molecule is CCNC(=NCCCc1ccccc1Cl)N1CCS(=O)(=O)C(C)(C)C1. The first-order chi connectivity index (χ1) is 11.8. The Bertz CT molecular complexity index is 717. The van der Waals surface area contributed by atoms with Crippen LogP contribution in [0.4, 0.5) is 0 Å². The van der Waals surface area contributed by atoms with E-state index in [1.54, 1.807) is 13.8 Å². The first-order valence-electron chi connectivity index (χ1n) is 8.76. The van der Waals surface area contributed by atoms with E-state index in [0.29, 0.717) is 19.6 Å². The van der Waals surface area contributed by atoms with Gasteiger partial charge in [0, 0.05) is 31.2 Å². The van der Waals surface area contributed by atoms with Crippen molar-refractivity contribution in [1.29, 1.82) is 0 Å². The van der Waals surface area contributed by atoms with E-state index >= 15 is 0 Å². The third kappa shape index (κ3) is 5.11. The van der Waals surface area contributed by atoms with Gasteiger partial charge in [-0.25, -0.2) is 8.42 Å². The molecule has 2 rings (SSSR count). The number of aliphatic imine (C=N–C) groups is 1. The standard InChI is InChI=1S/C18H28ClN3O2S/c1-4-20-17(22-12-13-25(23,24)18(2,3)14-22)21-11-7-9-15-8-5-6-10-16(15)19/h5-6,8,10H,4,7,9,11-14H2,1-3H3,(H,20,21). The van der Waals surface area contributed by atoms with Crippen LogP contribution >= 0.6 is 11.6 Å². The maximum Gasteiger partial charge on any atom is 0.193 e. The Labute approximate surface area is 156 Å². The smallest absolute Gasteiger partial charge is 0.193 e. The van der Waals surface area contributed by atoms with Crippen LogP contribution < -0.4 is 5.32 Å². The lowest BCUT2D eigenvalue weighted by atomic mass is 10.1. The first-order valence-corrected chi connectivity index (χ1v) is 10.8. The molecule has 1 aromatic rings. The van der Waals surface area contributed by atoms with Crippen molar-refractivity contribution >= 4 is 27.4 Å². The monoisotopic (exact) mass is 385 g/mol. The number of hydrogen-bond donors (Lipinski definition) is 1. The van der Waals surface area contributed by atoms with Crippen LogP contribution in [0.3, 0.4) is 0 Å². The molecule has 0 radical (unpaired) electrons. The number of guanidine groups is 1. The molecule has 0 atom stereocenters.